The summed E-state index contributed by atoms with van der Waals surface area (Å²) >= 11 is 4.86. The van der Waals surface area contributed by atoms with Gasteiger partial charge in [-0.1, -0.05) is 0 Å². The molecule has 0 bridgehead atoms. The lowest BCUT2D eigenvalue weighted by atomic mass is 9.99. The van der Waals surface area contributed by atoms with Gasteiger partial charge in [0.05, 0.1) is 0 Å². The molecule has 1 aromatic heterocycles. The number of rotatable bonds is 0. The molecule has 0 aliphatic carbocycles. The monoisotopic (exact) mass is 335 g/mol. The van der Waals surface area contributed by atoms with Gasteiger partial charge in [-0.3, -0.25) is 4.79 Å². The third kappa shape index (κ3) is 3.35. The third-order valence-electron chi connectivity index (χ3n) is 1.18. The van der Waals surface area contributed by atoms with Crippen molar-refractivity contribution in [3.05, 3.63) is 27.1 Å². The van der Waals surface area contributed by atoms with Crippen LogP contribution in [-0.2, 0) is 7.05 Å². The van der Waals surface area contributed by atoms with Crippen molar-refractivity contribution in [2.75, 3.05) is 0 Å². The Kier molecular flexibility index (Phi) is 6.00. The van der Waals surface area contributed by atoms with E-state index in [9.17, 15) is 4.79 Å². The predicted molar refractivity (Wildman–Crippen MR) is 64.5 cm³/mol. The number of hydrogen-bond donors (Lipinski definition) is 0. The van der Waals surface area contributed by atoms with Crippen molar-refractivity contribution in [2.45, 2.75) is 0 Å². The van der Waals surface area contributed by atoms with Gasteiger partial charge in [0.1, 0.15) is 7.85 Å². The fraction of sp³-hybridized carbons (Fsp3) is 0.167. The Morgan fingerprint density at radius 3 is 2.50 bits per heavy atom. The molecule has 12 heavy (non-hydrogen) atoms. The van der Waals surface area contributed by atoms with Crippen LogP contribution in [0.5, 0.6) is 0 Å². The average Bonchev–Trinajstić information content (AvgIpc) is 2.04. The van der Waals surface area contributed by atoms with Crippen LogP contribution in [-0.4, -0.2) is 18.1 Å². The summed E-state index contributed by atoms with van der Waals surface area (Å²) in [7, 11) is 7.01. The summed E-state index contributed by atoms with van der Waals surface area (Å²) < 4.78 is 2.24. The van der Waals surface area contributed by atoms with Crippen LogP contribution in [0, 0.1) is 0 Å². The summed E-state index contributed by atoms with van der Waals surface area (Å²) in [5.74, 6) is 0. The van der Waals surface area contributed by atoms with Crippen molar-refractivity contribution in [3.63, 3.8) is 0 Å². The molecule has 1 heterocycles. The lowest BCUT2D eigenvalue weighted by Gasteiger charge is -1.98. The van der Waals surface area contributed by atoms with Crippen LogP contribution in [0.3, 0.4) is 0 Å². The Morgan fingerprint density at radius 1 is 1.58 bits per heavy atom. The second kappa shape index (κ2) is 5.85. The van der Waals surface area contributed by atoms with Crippen LogP contribution in [0.1, 0.15) is 0 Å². The first kappa shape index (κ1) is 12.3. The maximum atomic E-state index is 10.9. The summed E-state index contributed by atoms with van der Waals surface area (Å²) in [5.41, 5.74) is 4.57. The van der Waals surface area contributed by atoms with Crippen molar-refractivity contribution in [2.24, 2.45) is 7.05 Å². The minimum absolute atomic E-state index is 0.164. The van der Waals surface area contributed by atoms with Crippen LogP contribution >= 0.6 is 38.3 Å². The average molecular weight is 336 g/mol. The number of pyridine rings is 1. The van der Waals surface area contributed by atoms with Crippen molar-refractivity contribution >= 4 is 57.3 Å². The topological polar surface area (TPSA) is 22.0 Å². The molecule has 6 heteroatoms. The zero-order valence-electron chi connectivity index (χ0n) is 6.42. The van der Waals surface area contributed by atoms with E-state index in [0.717, 1.165) is 4.47 Å². The standard InChI is InChI=1S/C6H5BBrNO.BI/c1-9-3-4(8)2-5(7)6(9)10;1-2/h2-3H,1H3;. The molecule has 4 radical (unpaired) electrons. The zero-order chi connectivity index (χ0) is 9.72. The Balaban J connectivity index is 0.000000561. The molecule has 0 N–H and O–H groups in total. The fourth-order valence-electron chi connectivity index (χ4n) is 0.695. The van der Waals surface area contributed by atoms with Crippen LogP contribution < -0.4 is 11.0 Å². The zero-order valence-corrected chi connectivity index (χ0v) is 10.2. The van der Waals surface area contributed by atoms with Gasteiger partial charge in [-0.25, -0.2) is 0 Å². The van der Waals surface area contributed by atoms with E-state index in [1.54, 1.807) is 41.7 Å². The van der Waals surface area contributed by atoms with Crippen LogP contribution in [0.25, 0.3) is 0 Å². The van der Waals surface area contributed by atoms with Gasteiger partial charge < -0.3 is 4.57 Å². The highest BCUT2D eigenvalue weighted by molar-refractivity contribution is 14.1. The number of aromatic nitrogens is 1. The number of hydrogen-bond acceptors (Lipinski definition) is 1. The summed E-state index contributed by atoms with van der Waals surface area (Å²) in [6.45, 7) is 0. The third-order valence-corrected chi connectivity index (χ3v) is 1.61. The number of nitrogens with zero attached hydrogens (tertiary/aromatic N) is 1. The van der Waals surface area contributed by atoms with E-state index in [-0.39, 0.29) is 11.0 Å². The van der Waals surface area contributed by atoms with Gasteiger partial charge in [-0.05, 0) is 27.5 Å². The van der Waals surface area contributed by atoms with Crippen molar-refractivity contribution in [1.29, 1.82) is 0 Å². The van der Waals surface area contributed by atoms with Gasteiger partial charge in [0.25, 0.3) is 0 Å². The molecule has 0 fully saturated rings. The minimum atomic E-state index is -0.164. The first-order valence-electron chi connectivity index (χ1n) is 2.95. The largest absolute Gasteiger partial charge is 0.318 e. The van der Waals surface area contributed by atoms with Crippen molar-refractivity contribution < 1.29 is 0 Å². The normalized spacial score (nSPS) is 8.58. The van der Waals surface area contributed by atoms with Gasteiger partial charge in [-0.2, -0.15) is 22.4 Å². The van der Waals surface area contributed by atoms with Gasteiger partial charge in [0, 0.05) is 17.7 Å². The minimum Gasteiger partial charge on any atom is -0.318 e. The lowest BCUT2D eigenvalue weighted by Crippen LogP contribution is -2.32. The molecular weight excluding hydrogens is 331 g/mol. The summed E-state index contributed by atoms with van der Waals surface area (Å²) in [6, 6.07) is 1.59. The first-order chi connectivity index (χ1) is 5.61. The smallest absolute Gasteiger partial charge is 0.243 e. The summed E-state index contributed by atoms with van der Waals surface area (Å²) in [4.78, 5) is 10.9. The maximum absolute atomic E-state index is 10.9. The highest BCUT2D eigenvalue weighted by atomic mass is 127. The highest BCUT2D eigenvalue weighted by Crippen LogP contribution is 2.01. The SMILES string of the molecule is [B]I.[B]c1cc(Br)cn(C)c1=O. The number of aryl methyl sites for hydroxylation is 1. The molecule has 0 saturated heterocycles. The predicted octanol–water partition coefficient (Wildman–Crippen LogP) is 0.447. The Bertz CT molecular complexity index is 289. The second-order valence-corrected chi connectivity index (χ2v) is 2.95. The first-order valence-corrected chi connectivity index (χ1v) is 4.98. The fourth-order valence-corrected chi connectivity index (χ4v) is 1.25. The second-order valence-electron chi connectivity index (χ2n) is 2.03. The molecule has 0 aliphatic rings. The van der Waals surface area contributed by atoms with E-state index < -0.39 is 0 Å². The Hall–Kier alpha value is 0.290. The maximum Gasteiger partial charge on any atom is 0.243 e. The molecule has 1 aromatic rings. The molecule has 60 valence electrons. The van der Waals surface area contributed by atoms with E-state index in [4.69, 9.17) is 7.85 Å². The number of halogens is 2. The van der Waals surface area contributed by atoms with E-state index in [1.807, 2.05) is 0 Å². The van der Waals surface area contributed by atoms with E-state index in [2.05, 4.69) is 21.6 Å². The van der Waals surface area contributed by atoms with Crippen LogP contribution in [0.2, 0.25) is 0 Å². The van der Waals surface area contributed by atoms with Gasteiger partial charge in [-0.15, -0.1) is 0 Å². The molecule has 0 atom stereocenters. The van der Waals surface area contributed by atoms with Gasteiger partial charge in [0.2, 0.25) is 5.56 Å². The van der Waals surface area contributed by atoms with Crippen molar-refractivity contribution in [1.82, 2.24) is 4.57 Å². The summed E-state index contributed by atoms with van der Waals surface area (Å²) in [5, 5.41) is 0. The molecule has 0 amide bonds. The molecule has 0 aliphatic heterocycles. The lowest BCUT2D eigenvalue weighted by molar-refractivity contribution is 0.863. The van der Waals surface area contributed by atoms with E-state index in [0.29, 0.717) is 0 Å². The van der Waals surface area contributed by atoms with E-state index in [1.165, 1.54) is 4.57 Å². The molecule has 2 nitrogen and oxygen atoms in total. The molecular formula is C6H5B2BrINO. The van der Waals surface area contributed by atoms with Gasteiger partial charge in [0.15, 0.2) is 5.70 Å². The van der Waals surface area contributed by atoms with Crippen LogP contribution in [0.15, 0.2) is 21.5 Å². The Morgan fingerprint density at radius 2 is 2.08 bits per heavy atom. The molecule has 0 spiro atoms. The highest BCUT2D eigenvalue weighted by Gasteiger charge is 1.95. The Labute approximate surface area is 95.6 Å². The molecule has 0 unspecified atom stereocenters. The molecule has 1 rings (SSSR count). The van der Waals surface area contributed by atoms with Crippen molar-refractivity contribution in [3.8, 4) is 0 Å². The van der Waals surface area contributed by atoms with Gasteiger partial charge >= 0.3 is 0 Å². The van der Waals surface area contributed by atoms with Crippen LogP contribution in [0.4, 0.5) is 0 Å². The molecule has 0 aromatic carbocycles. The van der Waals surface area contributed by atoms with E-state index >= 15 is 0 Å². The quantitative estimate of drug-likeness (QED) is 0.498. The summed E-state index contributed by atoms with van der Waals surface area (Å²) in [6.07, 6.45) is 1.67. The molecule has 0 saturated carbocycles.